The van der Waals surface area contributed by atoms with E-state index in [9.17, 15) is 4.79 Å². The maximum absolute atomic E-state index is 12.7. The second kappa shape index (κ2) is 8.33. The van der Waals surface area contributed by atoms with Crippen molar-refractivity contribution in [2.75, 3.05) is 32.1 Å². The van der Waals surface area contributed by atoms with Crippen LogP contribution in [0.4, 0.5) is 11.4 Å². The molecule has 0 radical (unpaired) electrons. The number of aliphatic imine (C=N–C) groups is 1. The van der Waals surface area contributed by atoms with E-state index in [1.165, 1.54) is 35.9 Å². The molecule has 2 saturated heterocycles. The molecule has 2 aliphatic rings. The van der Waals surface area contributed by atoms with Gasteiger partial charge < -0.3 is 9.64 Å². The van der Waals surface area contributed by atoms with Gasteiger partial charge >= 0.3 is 0 Å². The minimum absolute atomic E-state index is 0.0229. The topological polar surface area (TPSA) is 45.1 Å². The molecule has 150 valence electrons. The predicted molar refractivity (Wildman–Crippen MR) is 121 cm³/mol. The molecule has 0 aliphatic carbocycles. The Labute approximate surface area is 176 Å². The third-order valence-electron chi connectivity index (χ3n) is 5.31. The van der Waals surface area contributed by atoms with E-state index in [2.05, 4.69) is 35.0 Å². The summed E-state index contributed by atoms with van der Waals surface area (Å²) in [6.45, 7) is 4.36. The summed E-state index contributed by atoms with van der Waals surface area (Å²) in [5.74, 6) is 0.760. The van der Waals surface area contributed by atoms with E-state index in [0.717, 1.165) is 30.1 Å². The summed E-state index contributed by atoms with van der Waals surface area (Å²) in [4.78, 5) is 22.1. The van der Waals surface area contributed by atoms with Crippen molar-refractivity contribution in [3.8, 4) is 5.75 Å². The molecule has 2 aromatic rings. The van der Waals surface area contributed by atoms with Gasteiger partial charge in [-0.25, -0.2) is 4.99 Å². The van der Waals surface area contributed by atoms with Crippen LogP contribution in [0.3, 0.4) is 0 Å². The number of ether oxygens (including phenoxy) is 1. The van der Waals surface area contributed by atoms with E-state index >= 15 is 0 Å². The standard InChI is InChI=1S/C23H25N3O2S/c1-16-14-19(26-12-4-5-13-26)9-6-17(16)15-21-22(27)25(2)23(29-21)24-18-7-10-20(28-3)11-8-18/h6-11,14-15H,4-5,12-13H2,1-3H3/b21-15-,24-23?. The molecule has 1 amide bonds. The largest absolute Gasteiger partial charge is 0.497 e. The highest BCUT2D eigenvalue weighted by Crippen LogP contribution is 2.34. The molecule has 2 heterocycles. The number of aryl methyl sites for hydroxylation is 1. The number of rotatable bonds is 4. The average molecular weight is 408 g/mol. The lowest BCUT2D eigenvalue weighted by Gasteiger charge is -2.18. The van der Waals surface area contributed by atoms with Crippen LogP contribution in [0.25, 0.3) is 6.08 Å². The molecule has 5 nitrogen and oxygen atoms in total. The van der Waals surface area contributed by atoms with Crippen LogP contribution in [0.5, 0.6) is 5.75 Å². The number of hydrogen-bond donors (Lipinski definition) is 0. The van der Waals surface area contributed by atoms with Gasteiger partial charge in [-0.3, -0.25) is 9.69 Å². The Morgan fingerprint density at radius 3 is 2.48 bits per heavy atom. The molecule has 0 N–H and O–H groups in total. The Bertz CT molecular complexity index is 976. The monoisotopic (exact) mass is 407 g/mol. The molecular weight excluding hydrogens is 382 g/mol. The molecule has 29 heavy (non-hydrogen) atoms. The Morgan fingerprint density at radius 1 is 1.10 bits per heavy atom. The van der Waals surface area contributed by atoms with E-state index in [4.69, 9.17) is 4.74 Å². The average Bonchev–Trinajstić information content (AvgIpc) is 3.36. The lowest BCUT2D eigenvalue weighted by molar-refractivity contribution is -0.121. The second-order valence-electron chi connectivity index (χ2n) is 7.30. The molecule has 0 bridgehead atoms. The zero-order valence-corrected chi connectivity index (χ0v) is 17.8. The zero-order chi connectivity index (χ0) is 20.4. The van der Waals surface area contributed by atoms with Gasteiger partial charge in [0.25, 0.3) is 5.91 Å². The van der Waals surface area contributed by atoms with Gasteiger partial charge in [-0.2, -0.15) is 0 Å². The van der Waals surface area contributed by atoms with Gasteiger partial charge in [0.05, 0.1) is 17.7 Å². The highest BCUT2D eigenvalue weighted by atomic mass is 32.2. The summed E-state index contributed by atoms with van der Waals surface area (Å²) in [5, 5.41) is 0.678. The van der Waals surface area contributed by atoms with Crippen LogP contribution in [0, 0.1) is 6.92 Å². The van der Waals surface area contributed by atoms with Gasteiger partial charge in [0.15, 0.2) is 5.17 Å². The maximum Gasteiger partial charge on any atom is 0.266 e. The summed E-state index contributed by atoms with van der Waals surface area (Å²) in [5.41, 5.74) is 4.31. The lowest BCUT2D eigenvalue weighted by atomic mass is 10.1. The number of thioether (sulfide) groups is 1. The third-order valence-corrected chi connectivity index (χ3v) is 6.37. The van der Waals surface area contributed by atoms with Crippen LogP contribution in [0.1, 0.15) is 24.0 Å². The molecule has 0 atom stereocenters. The smallest absolute Gasteiger partial charge is 0.266 e. The van der Waals surface area contributed by atoms with Crippen molar-refractivity contribution in [1.29, 1.82) is 0 Å². The van der Waals surface area contributed by atoms with E-state index in [1.54, 1.807) is 19.1 Å². The van der Waals surface area contributed by atoms with Gasteiger partial charge in [0.2, 0.25) is 0 Å². The number of likely N-dealkylation sites (N-methyl/N-ethyl adjacent to an activating group) is 1. The van der Waals surface area contributed by atoms with Crippen LogP contribution in [-0.2, 0) is 4.79 Å². The lowest BCUT2D eigenvalue weighted by Crippen LogP contribution is -2.23. The van der Waals surface area contributed by atoms with Gasteiger partial charge in [-0.1, -0.05) is 6.07 Å². The fourth-order valence-electron chi connectivity index (χ4n) is 3.55. The van der Waals surface area contributed by atoms with Crippen LogP contribution >= 0.6 is 11.8 Å². The Morgan fingerprint density at radius 2 is 1.83 bits per heavy atom. The first-order chi connectivity index (χ1) is 14.0. The first-order valence-electron chi connectivity index (χ1n) is 9.81. The number of anilines is 1. The number of carbonyl (C=O) groups excluding carboxylic acids is 1. The van der Waals surface area contributed by atoms with E-state index < -0.39 is 0 Å². The third kappa shape index (κ3) is 4.17. The first kappa shape index (κ1) is 19.6. The van der Waals surface area contributed by atoms with Gasteiger partial charge in [-0.15, -0.1) is 0 Å². The summed E-state index contributed by atoms with van der Waals surface area (Å²) >= 11 is 1.41. The number of carbonyl (C=O) groups is 1. The Balaban J connectivity index is 1.56. The van der Waals surface area contributed by atoms with E-state index in [1.807, 2.05) is 30.3 Å². The minimum atomic E-state index is -0.0229. The number of nitrogens with zero attached hydrogens (tertiary/aromatic N) is 3. The van der Waals surface area contributed by atoms with Crippen molar-refractivity contribution < 1.29 is 9.53 Å². The summed E-state index contributed by atoms with van der Waals surface area (Å²) in [7, 11) is 3.40. The number of benzene rings is 2. The van der Waals surface area contributed by atoms with Gasteiger partial charge in [0.1, 0.15) is 5.75 Å². The first-order valence-corrected chi connectivity index (χ1v) is 10.6. The quantitative estimate of drug-likeness (QED) is 0.681. The fourth-order valence-corrected chi connectivity index (χ4v) is 4.53. The predicted octanol–water partition coefficient (Wildman–Crippen LogP) is 4.84. The van der Waals surface area contributed by atoms with Crippen molar-refractivity contribution in [2.24, 2.45) is 4.99 Å². The normalized spacial score (nSPS) is 19.6. The van der Waals surface area contributed by atoms with E-state index in [0.29, 0.717) is 10.1 Å². The molecule has 6 heteroatoms. The molecule has 2 aromatic carbocycles. The van der Waals surface area contributed by atoms with Gasteiger partial charge in [-0.05, 0) is 85.1 Å². The fraction of sp³-hybridized carbons (Fsp3) is 0.304. The molecule has 0 spiro atoms. The molecule has 4 rings (SSSR count). The molecule has 0 aromatic heterocycles. The molecule has 2 aliphatic heterocycles. The van der Waals surface area contributed by atoms with E-state index in [-0.39, 0.29) is 5.91 Å². The van der Waals surface area contributed by atoms with Crippen LogP contribution in [0.2, 0.25) is 0 Å². The molecule has 0 saturated carbocycles. The number of hydrogen-bond acceptors (Lipinski definition) is 5. The maximum atomic E-state index is 12.7. The van der Waals surface area contributed by atoms with Crippen molar-refractivity contribution in [3.05, 3.63) is 58.5 Å². The summed E-state index contributed by atoms with van der Waals surface area (Å²) < 4.78 is 5.18. The minimum Gasteiger partial charge on any atom is -0.497 e. The molecule has 2 fully saturated rings. The van der Waals surface area contributed by atoms with Crippen molar-refractivity contribution in [3.63, 3.8) is 0 Å². The number of amidine groups is 1. The SMILES string of the molecule is COc1ccc(N=C2S/C(=C\c3ccc(N4CCCC4)cc3C)C(=O)N2C)cc1. The Hall–Kier alpha value is -2.73. The summed E-state index contributed by atoms with van der Waals surface area (Å²) in [6, 6.07) is 14.0. The molecule has 0 unspecified atom stereocenters. The second-order valence-corrected chi connectivity index (χ2v) is 8.31. The highest BCUT2D eigenvalue weighted by molar-refractivity contribution is 8.18. The number of methoxy groups -OCH3 is 1. The van der Waals surface area contributed by atoms with Crippen molar-refractivity contribution >= 4 is 40.3 Å². The van der Waals surface area contributed by atoms with Crippen molar-refractivity contribution in [1.82, 2.24) is 4.90 Å². The van der Waals surface area contributed by atoms with Crippen molar-refractivity contribution in [2.45, 2.75) is 19.8 Å². The van der Waals surface area contributed by atoms with Crippen LogP contribution in [0.15, 0.2) is 52.4 Å². The van der Waals surface area contributed by atoms with Crippen LogP contribution in [-0.4, -0.2) is 43.2 Å². The molecular formula is C23H25N3O2S. The number of amides is 1. The highest BCUT2D eigenvalue weighted by Gasteiger charge is 2.30. The zero-order valence-electron chi connectivity index (χ0n) is 17.0. The summed E-state index contributed by atoms with van der Waals surface area (Å²) in [6.07, 6.45) is 4.50. The van der Waals surface area contributed by atoms with Crippen LogP contribution < -0.4 is 9.64 Å². The Kier molecular flexibility index (Phi) is 5.62. The van der Waals surface area contributed by atoms with Gasteiger partial charge in [0, 0.05) is 25.8 Å².